The Balaban J connectivity index is 1.87. The van der Waals surface area contributed by atoms with Gasteiger partial charge in [-0.15, -0.1) is 5.10 Å². The number of nitrogens with one attached hydrogen (secondary N) is 1. The summed E-state index contributed by atoms with van der Waals surface area (Å²) in [5.74, 6) is 0.656. The number of amides is 1. The van der Waals surface area contributed by atoms with Crippen LogP contribution in [0, 0.1) is 0 Å². The summed E-state index contributed by atoms with van der Waals surface area (Å²) in [6.45, 7) is 10.4. The predicted octanol–water partition coefficient (Wildman–Crippen LogP) is 3.20. The fourth-order valence-corrected chi connectivity index (χ4v) is 2.86. The number of aromatic nitrogens is 6. The minimum Gasteiger partial charge on any atom is -0.321 e. The Morgan fingerprint density at radius 2 is 1.93 bits per heavy atom. The molecule has 2 heterocycles. The fraction of sp³-hybridized carbons (Fsp3) is 0.421. The second-order valence-electron chi connectivity index (χ2n) is 7.85. The Bertz CT molecular complexity index is 963. The number of tetrazole rings is 1. The van der Waals surface area contributed by atoms with Crippen LogP contribution in [0.2, 0.25) is 0 Å². The van der Waals surface area contributed by atoms with Crippen LogP contribution in [0.5, 0.6) is 0 Å². The minimum atomic E-state index is -0.242. The smallest absolute Gasteiger partial charge is 0.276 e. The average molecular weight is 367 g/mol. The van der Waals surface area contributed by atoms with Crippen LogP contribution in [0.1, 0.15) is 56.7 Å². The van der Waals surface area contributed by atoms with E-state index in [1.807, 2.05) is 35.0 Å². The molecule has 0 atom stereocenters. The third-order valence-corrected chi connectivity index (χ3v) is 4.20. The highest BCUT2D eigenvalue weighted by Crippen LogP contribution is 2.24. The van der Waals surface area contributed by atoms with E-state index in [0.717, 1.165) is 11.3 Å². The highest BCUT2D eigenvalue weighted by atomic mass is 16.2. The van der Waals surface area contributed by atoms with Crippen LogP contribution in [-0.2, 0) is 12.6 Å². The molecule has 0 radical (unpaired) electrons. The Labute approximate surface area is 158 Å². The van der Waals surface area contributed by atoms with Gasteiger partial charge in [-0.25, -0.2) is 4.68 Å². The van der Waals surface area contributed by atoms with Gasteiger partial charge >= 0.3 is 0 Å². The zero-order chi connectivity index (χ0) is 19.8. The Morgan fingerprint density at radius 3 is 2.48 bits per heavy atom. The summed E-state index contributed by atoms with van der Waals surface area (Å²) >= 11 is 0. The lowest BCUT2D eigenvalue weighted by atomic mass is 10.1. The Morgan fingerprint density at radius 1 is 1.19 bits per heavy atom. The summed E-state index contributed by atoms with van der Waals surface area (Å²) in [5, 5.41) is 19.0. The number of anilines is 1. The zero-order valence-corrected chi connectivity index (χ0v) is 16.6. The van der Waals surface area contributed by atoms with Crippen LogP contribution in [0.4, 0.5) is 5.69 Å². The van der Waals surface area contributed by atoms with Crippen molar-refractivity contribution < 1.29 is 4.79 Å². The van der Waals surface area contributed by atoms with Gasteiger partial charge in [-0.1, -0.05) is 26.0 Å². The van der Waals surface area contributed by atoms with Gasteiger partial charge in [0.2, 0.25) is 0 Å². The quantitative estimate of drug-likeness (QED) is 0.765. The van der Waals surface area contributed by atoms with E-state index in [4.69, 9.17) is 0 Å². The largest absolute Gasteiger partial charge is 0.321 e. The van der Waals surface area contributed by atoms with Crippen molar-refractivity contribution in [3.05, 3.63) is 41.7 Å². The third kappa shape index (κ3) is 3.89. The first-order valence-corrected chi connectivity index (χ1v) is 8.91. The van der Waals surface area contributed by atoms with E-state index in [1.54, 1.807) is 11.7 Å². The van der Waals surface area contributed by atoms with Gasteiger partial charge < -0.3 is 5.32 Å². The van der Waals surface area contributed by atoms with Gasteiger partial charge in [0.15, 0.2) is 11.5 Å². The molecule has 2 aromatic heterocycles. The molecule has 0 fully saturated rings. The van der Waals surface area contributed by atoms with Crippen LogP contribution in [0.3, 0.4) is 0 Å². The fourth-order valence-electron chi connectivity index (χ4n) is 2.86. The number of nitrogens with zero attached hydrogens (tertiary/aromatic N) is 6. The molecular weight excluding hydrogens is 342 g/mol. The molecular formula is C19H25N7O. The van der Waals surface area contributed by atoms with Gasteiger partial charge in [-0.2, -0.15) is 5.10 Å². The summed E-state index contributed by atoms with van der Waals surface area (Å²) in [4.78, 5) is 12.8. The molecule has 3 rings (SSSR count). The molecule has 0 unspecified atom stereocenters. The maximum atomic E-state index is 12.8. The van der Waals surface area contributed by atoms with Gasteiger partial charge in [0.05, 0.1) is 5.54 Å². The topological polar surface area (TPSA) is 90.5 Å². The molecule has 0 bridgehead atoms. The highest BCUT2D eigenvalue weighted by molar-refractivity contribution is 6.03. The van der Waals surface area contributed by atoms with E-state index in [2.05, 4.69) is 60.6 Å². The number of carbonyl (C=O) groups excluding carboxylic acids is 1. The molecule has 0 aliphatic heterocycles. The normalized spacial score (nSPS) is 11.8. The van der Waals surface area contributed by atoms with Crippen molar-refractivity contribution in [2.45, 2.75) is 46.1 Å². The SMILES string of the molecule is CC(C)c1cc(C(=O)Nc2cccc(-c3nnnn3C)c2)nn1C(C)(C)C. The maximum absolute atomic E-state index is 12.8. The van der Waals surface area contributed by atoms with Gasteiger partial charge in [0.25, 0.3) is 5.91 Å². The summed E-state index contributed by atoms with van der Waals surface area (Å²) in [5.41, 5.74) is 2.72. The molecule has 142 valence electrons. The minimum absolute atomic E-state index is 0.198. The second kappa shape index (κ2) is 6.94. The van der Waals surface area contributed by atoms with Crippen molar-refractivity contribution in [2.75, 3.05) is 5.32 Å². The number of carbonyl (C=O) groups is 1. The highest BCUT2D eigenvalue weighted by Gasteiger charge is 2.23. The van der Waals surface area contributed by atoms with E-state index in [9.17, 15) is 4.79 Å². The molecule has 27 heavy (non-hydrogen) atoms. The molecule has 1 N–H and O–H groups in total. The molecule has 0 saturated carbocycles. The number of aryl methyl sites for hydroxylation is 1. The van der Waals surface area contributed by atoms with Crippen molar-refractivity contribution >= 4 is 11.6 Å². The molecule has 0 aliphatic rings. The average Bonchev–Trinajstić information content (AvgIpc) is 3.21. The van der Waals surface area contributed by atoms with E-state index in [0.29, 0.717) is 17.2 Å². The van der Waals surface area contributed by atoms with Gasteiger partial charge in [0.1, 0.15) is 0 Å². The van der Waals surface area contributed by atoms with Crippen molar-refractivity contribution in [3.63, 3.8) is 0 Å². The van der Waals surface area contributed by atoms with Crippen molar-refractivity contribution in [3.8, 4) is 11.4 Å². The second-order valence-corrected chi connectivity index (χ2v) is 7.85. The van der Waals surface area contributed by atoms with Crippen LogP contribution in [0.25, 0.3) is 11.4 Å². The first-order valence-electron chi connectivity index (χ1n) is 8.91. The Kier molecular flexibility index (Phi) is 4.82. The lowest BCUT2D eigenvalue weighted by Gasteiger charge is -2.23. The predicted molar refractivity (Wildman–Crippen MR) is 103 cm³/mol. The van der Waals surface area contributed by atoms with Crippen LogP contribution in [0.15, 0.2) is 30.3 Å². The molecule has 3 aromatic rings. The van der Waals surface area contributed by atoms with Crippen LogP contribution < -0.4 is 5.32 Å². The van der Waals surface area contributed by atoms with Gasteiger partial charge in [0, 0.05) is 24.0 Å². The van der Waals surface area contributed by atoms with Crippen LogP contribution >= 0.6 is 0 Å². The van der Waals surface area contributed by atoms with E-state index >= 15 is 0 Å². The molecule has 1 aromatic carbocycles. The molecule has 0 aliphatic carbocycles. The lowest BCUT2D eigenvalue weighted by molar-refractivity contribution is 0.102. The number of benzene rings is 1. The first-order chi connectivity index (χ1) is 12.7. The van der Waals surface area contributed by atoms with E-state index in [1.165, 1.54) is 0 Å². The third-order valence-electron chi connectivity index (χ3n) is 4.20. The molecule has 8 nitrogen and oxygen atoms in total. The molecule has 1 amide bonds. The monoisotopic (exact) mass is 367 g/mol. The number of hydrogen-bond acceptors (Lipinski definition) is 5. The summed E-state index contributed by atoms with van der Waals surface area (Å²) < 4.78 is 3.51. The molecule has 8 heteroatoms. The summed E-state index contributed by atoms with van der Waals surface area (Å²) in [6, 6.07) is 9.28. The maximum Gasteiger partial charge on any atom is 0.276 e. The summed E-state index contributed by atoms with van der Waals surface area (Å²) in [7, 11) is 1.77. The lowest BCUT2D eigenvalue weighted by Crippen LogP contribution is -2.26. The van der Waals surface area contributed by atoms with Crippen molar-refractivity contribution in [1.29, 1.82) is 0 Å². The number of rotatable bonds is 4. The van der Waals surface area contributed by atoms with Gasteiger partial charge in [-0.05, 0) is 55.3 Å². The molecule has 0 saturated heterocycles. The first kappa shape index (κ1) is 18.8. The number of hydrogen-bond donors (Lipinski definition) is 1. The van der Waals surface area contributed by atoms with Gasteiger partial charge in [-0.3, -0.25) is 9.48 Å². The Hall–Kier alpha value is -3.03. The van der Waals surface area contributed by atoms with E-state index < -0.39 is 0 Å². The van der Waals surface area contributed by atoms with Crippen LogP contribution in [-0.4, -0.2) is 35.9 Å². The van der Waals surface area contributed by atoms with E-state index in [-0.39, 0.29) is 17.4 Å². The van der Waals surface area contributed by atoms with Crippen molar-refractivity contribution in [1.82, 2.24) is 30.0 Å². The summed E-state index contributed by atoms with van der Waals surface area (Å²) in [6.07, 6.45) is 0. The molecule has 0 spiro atoms. The zero-order valence-electron chi connectivity index (χ0n) is 16.6. The standard InChI is InChI=1S/C19H25N7O/c1-12(2)16-11-15(22-26(16)19(3,4)5)18(27)20-14-9-7-8-13(10-14)17-21-23-24-25(17)6/h7-12H,1-6H3,(H,20,27). The van der Waals surface area contributed by atoms with Crippen molar-refractivity contribution in [2.24, 2.45) is 7.05 Å².